The topological polar surface area (TPSA) is 42.5 Å². The molecule has 2 aliphatic rings. The summed E-state index contributed by atoms with van der Waals surface area (Å²) in [6.45, 7) is 5.22. The fourth-order valence-electron chi connectivity index (χ4n) is 4.68. The number of hydrogen-bond acceptors (Lipinski definition) is 4. The highest BCUT2D eigenvalue weighted by Crippen LogP contribution is 2.36. The van der Waals surface area contributed by atoms with Gasteiger partial charge in [0.15, 0.2) is 11.5 Å². The maximum Gasteiger partial charge on any atom is 0.161 e. The third-order valence-corrected chi connectivity index (χ3v) is 6.31. The lowest BCUT2D eigenvalue weighted by Gasteiger charge is -2.31. The zero-order valence-corrected chi connectivity index (χ0v) is 17.7. The van der Waals surface area contributed by atoms with Crippen LogP contribution in [0.2, 0.25) is 0 Å². The van der Waals surface area contributed by atoms with Crippen molar-refractivity contribution < 1.29 is 9.47 Å². The fourth-order valence-corrected chi connectivity index (χ4v) is 4.68. The number of anilines is 1. The van der Waals surface area contributed by atoms with Crippen LogP contribution in [0.4, 0.5) is 5.69 Å². The van der Waals surface area contributed by atoms with Crippen LogP contribution in [0.25, 0.3) is 0 Å². The van der Waals surface area contributed by atoms with Gasteiger partial charge in [0.25, 0.3) is 0 Å². The normalized spacial score (nSPS) is 22.4. The molecule has 156 valence electrons. The summed E-state index contributed by atoms with van der Waals surface area (Å²) in [5.41, 5.74) is 3.86. The smallest absolute Gasteiger partial charge is 0.161 e. The van der Waals surface area contributed by atoms with Crippen molar-refractivity contribution in [2.75, 3.05) is 32.1 Å². The predicted molar refractivity (Wildman–Crippen MR) is 119 cm³/mol. The molecule has 0 amide bonds. The van der Waals surface area contributed by atoms with Gasteiger partial charge in [-0.15, -0.1) is 0 Å². The van der Waals surface area contributed by atoms with Crippen molar-refractivity contribution in [3.63, 3.8) is 0 Å². The highest BCUT2D eigenvalue weighted by Gasteiger charge is 2.25. The molecule has 0 bridgehead atoms. The lowest BCUT2D eigenvalue weighted by molar-refractivity contribution is 0.200. The number of ether oxygens (including phenoxy) is 2. The van der Waals surface area contributed by atoms with Crippen LogP contribution in [0.1, 0.15) is 49.1 Å². The summed E-state index contributed by atoms with van der Waals surface area (Å²) < 4.78 is 11.9. The summed E-state index contributed by atoms with van der Waals surface area (Å²) in [7, 11) is 1.73. The quantitative estimate of drug-likeness (QED) is 0.683. The maximum absolute atomic E-state index is 6.31. The van der Waals surface area contributed by atoms with Crippen molar-refractivity contribution in [2.45, 2.75) is 51.0 Å². The Kier molecular flexibility index (Phi) is 6.60. The largest absolute Gasteiger partial charge is 0.493 e. The Hall–Kier alpha value is -2.20. The number of rotatable bonds is 7. The molecule has 2 N–H and O–H groups in total. The van der Waals surface area contributed by atoms with E-state index < -0.39 is 0 Å². The summed E-state index contributed by atoms with van der Waals surface area (Å²) >= 11 is 0. The molecule has 1 saturated heterocycles. The number of piperidine rings is 1. The monoisotopic (exact) mass is 394 g/mol. The van der Waals surface area contributed by atoms with Crippen molar-refractivity contribution in [2.24, 2.45) is 5.92 Å². The Morgan fingerprint density at radius 3 is 2.69 bits per heavy atom. The number of methoxy groups -OCH3 is 1. The van der Waals surface area contributed by atoms with Crippen molar-refractivity contribution in [1.82, 2.24) is 5.32 Å². The molecule has 2 aromatic rings. The Labute approximate surface area is 175 Å². The molecule has 4 nitrogen and oxygen atoms in total. The molecule has 0 radical (unpaired) electrons. The van der Waals surface area contributed by atoms with Crippen LogP contribution in [0.5, 0.6) is 11.5 Å². The lowest BCUT2D eigenvalue weighted by atomic mass is 9.85. The van der Waals surface area contributed by atoms with Crippen LogP contribution in [-0.2, 0) is 0 Å². The highest BCUT2D eigenvalue weighted by atomic mass is 16.5. The Balaban J connectivity index is 1.40. The molecule has 2 aromatic carbocycles. The zero-order valence-electron chi connectivity index (χ0n) is 17.7. The number of aryl methyl sites for hydroxylation is 1. The molecule has 2 fully saturated rings. The molecular weight excluding hydrogens is 360 g/mol. The Morgan fingerprint density at radius 1 is 1.03 bits per heavy atom. The van der Waals surface area contributed by atoms with Gasteiger partial charge in [0.05, 0.1) is 13.2 Å². The first-order chi connectivity index (χ1) is 14.2. The van der Waals surface area contributed by atoms with Gasteiger partial charge in [-0.2, -0.15) is 0 Å². The molecule has 0 spiro atoms. The van der Waals surface area contributed by atoms with E-state index >= 15 is 0 Å². The van der Waals surface area contributed by atoms with Crippen molar-refractivity contribution in [3.05, 3.63) is 53.6 Å². The van der Waals surface area contributed by atoms with E-state index in [1.165, 1.54) is 36.1 Å². The molecule has 29 heavy (non-hydrogen) atoms. The second kappa shape index (κ2) is 9.53. The van der Waals surface area contributed by atoms with Gasteiger partial charge in [-0.05, 0) is 92.8 Å². The van der Waals surface area contributed by atoms with Gasteiger partial charge in [-0.3, -0.25) is 0 Å². The Morgan fingerprint density at radius 2 is 1.90 bits per heavy atom. The molecular formula is C25H34N2O2. The third-order valence-electron chi connectivity index (χ3n) is 6.31. The Bertz CT molecular complexity index is 801. The molecule has 2 atom stereocenters. The van der Waals surface area contributed by atoms with Crippen LogP contribution in [0, 0.1) is 12.8 Å². The minimum Gasteiger partial charge on any atom is -0.493 e. The van der Waals surface area contributed by atoms with E-state index in [9.17, 15) is 0 Å². The lowest BCUT2D eigenvalue weighted by Crippen LogP contribution is -2.38. The summed E-state index contributed by atoms with van der Waals surface area (Å²) in [6.07, 6.45) is 6.38. The molecule has 4 rings (SSSR count). The van der Waals surface area contributed by atoms with Crippen molar-refractivity contribution in [3.8, 4) is 11.5 Å². The average Bonchev–Trinajstić information content (AvgIpc) is 3.26. The SMILES string of the molecule is COc1ccc([C@H]2CNC[C@@H](CNc3cccc(C)c3)C2)cc1OC1CCCC1. The minimum absolute atomic E-state index is 0.343. The van der Waals surface area contributed by atoms with Gasteiger partial charge in [0.2, 0.25) is 0 Å². The first kappa shape index (κ1) is 20.1. The summed E-state index contributed by atoms with van der Waals surface area (Å²) in [5.74, 6) is 2.87. The van der Waals surface area contributed by atoms with E-state index in [4.69, 9.17) is 9.47 Å². The summed E-state index contributed by atoms with van der Waals surface area (Å²) in [5, 5.41) is 7.26. The van der Waals surface area contributed by atoms with Gasteiger partial charge in [-0.1, -0.05) is 18.2 Å². The van der Waals surface area contributed by atoms with Crippen LogP contribution in [0.3, 0.4) is 0 Å². The first-order valence-electron chi connectivity index (χ1n) is 11.1. The summed E-state index contributed by atoms with van der Waals surface area (Å²) in [6, 6.07) is 15.1. The third kappa shape index (κ3) is 5.24. The average molecular weight is 395 g/mol. The van der Waals surface area contributed by atoms with Crippen LogP contribution in [0.15, 0.2) is 42.5 Å². The molecule has 0 aromatic heterocycles. The fraction of sp³-hybridized carbons (Fsp3) is 0.520. The predicted octanol–water partition coefficient (Wildman–Crippen LogP) is 5.13. The molecule has 1 saturated carbocycles. The zero-order chi connectivity index (χ0) is 20.1. The van der Waals surface area contributed by atoms with E-state index in [0.29, 0.717) is 17.9 Å². The van der Waals surface area contributed by atoms with Crippen LogP contribution in [-0.4, -0.2) is 32.8 Å². The van der Waals surface area contributed by atoms with E-state index in [0.717, 1.165) is 44.0 Å². The maximum atomic E-state index is 6.31. The van der Waals surface area contributed by atoms with Crippen molar-refractivity contribution in [1.29, 1.82) is 0 Å². The van der Waals surface area contributed by atoms with Gasteiger partial charge in [-0.25, -0.2) is 0 Å². The molecule has 1 heterocycles. The van der Waals surface area contributed by atoms with Crippen LogP contribution >= 0.6 is 0 Å². The van der Waals surface area contributed by atoms with Gasteiger partial charge < -0.3 is 20.1 Å². The highest BCUT2D eigenvalue weighted by molar-refractivity contribution is 5.46. The molecule has 0 unspecified atom stereocenters. The minimum atomic E-state index is 0.343. The second-order valence-electron chi connectivity index (χ2n) is 8.64. The van der Waals surface area contributed by atoms with Gasteiger partial charge in [0, 0.05) is 18.8 Å². The summed E-state index contributed by atoms with van der Waals surface area (Å²) in [4.78, 5) is 0. The van der Waals surface area contributed by atoms with Crippen molar-refractivity contribution >= 4 is 5.69 Å². The number of hydrogen-bond donors (Lipinski definition) is 2. The molecule has 1 aliphatic heterocycles. The van der Waals surface area contributed by atoms with E-state index in [-0.39, 0.29) is 0 Å². The number of benzene rings is 2. The van der Waals surface area contributed by atoms with E-state index in [1.807, 2.05) is 0 Å². The second-order valence-corrected chi connectivity index (χ2v) is 8.64. The van der Waals surface area contributed by atoms with Gasteiger partial charge >= 0.3 is 0 Å². The molecule has 4 heteroatoms. The van der Waals surface area contributed by atoms with E-state index in [1.54, 1.807) is 7.11 Å². The standard InChI is InChI=1S/C25H34N2O2/c1-18-6-5-7-22(12-18)27-16-19-13-21(17-26-15-19)20-10-11-24(28-2)25(14-20)29-23-8-3-4-9-23/h5-7,10-12,14,19,21,23,26-27H,3-4,8-9,13,15-17H2,1-2H3/t19-,21+/m0/s1. The van der Waals surface area contributed by atoms with Crippen LogP contribution < -0.4 is 20.1 Å². The first-order valence-corrected chi connectivity index (χ1v) is 11.1. The molecule has 1 aliphatic carbocycles. The van der Waals surface area contributed by atoms with E-state index in [2.05, 4.69) is 60.0 Å². The van der Waals surface area contributed by atoms with Gasteiger partial charge in [0.1, 0.15) is 0 Å². The number of nitrogens with one attached hydrogen (secondary N) is 2.